The molecule has 3 heterocycles. The molecule has 0 bridgehead atoms. The molecule has 0 amide bonds. The van der Waals surface area contributed by atoms with E-state index >= 15 is 0 Å². The maximum atomic E-state index is 13.1. The number of aryl methyl sites for hydroxylation is 1. The van der Waals surface area contributed by atoms with Gasteiger partial charge >= 0.3 is 17.8 Å². The Bertz CT molecular complexity index is 1480. The SMILES string of the molecule is CCc1cccnc1-n1nc(Cn2nc(-c3ccc(Cl)cc3)n(CCC(F)(F)F)c2=O)nc1C(=O)OC. The summed E-state index contributed by atoms with van der Waals surface area (Å²) < 4.78 is 46.8. The lowest BCUT2D eigenvalue weighted by Gasteiger charge is -2.08. The third-order valence-corrected chi connectivity index (χ3v) is 5.66. The zero-order valence-corrected chi connectivity index (χ0v) is 20.5. The number of halogens is 4. The van der Waals surface area contributed by atoms with Gasteiger partial charge < -0.3 is 4.74 Å². The first-order valence-corrected chi connectivity index (χ1v) is 11.5. The van der Waals surface area contributed by atoms with Crippen molar-refractivity contribution in [1.82, 2.24) is 34.1 Å². The van der Waals surface area contributed by atoms with Crippen LogP contribution < -0.4 is 5.69 Å². The van der Waals surface area contributed by atoms with E-state index in [1.165, 1.54) is 18.0 Å². The Kier molecular flexibility index (Phi) is 7.43. The highest BCUT2D eigenvalue weighted by Gasteiger charge is 2.29. The number of methoxy groups -OCH3 is 1. The van der Waals surface area contributed by atoms with Crippen LogP contribution in [0.4, 0.5) is 13.2 Å². The average Bonchev–Trinajstić information content (AvgIpc) is 3.43. The first-order chi connectivity index (χ1) is 17.6. The smallest absolute Gasteiger partial charge is 0.390 e. The number of aromatic nitrogens is 7. The lowest BCUT2D eigenvalue weighted by Crippen LogP contribution is -2.27. The molecule has 0 saturated heterocycles. The molecule has 0 radical (unpaired) electrons. The van der Waals surface area contributed by atoms with Crippen LogP contribution in [0.5, 0.6) is 0 Å². The molecule has 0 aliphatic rings. The van der Waals surface area contributed by atoms with E-state index in [4.69, 9.17) is 16.3 Å². The van der Waals surface area contributed by atoms with Crippen molar-refractivity contribution in [3.63, 3.8) is 0 Å². The molecule has 10 nitrogen and oxygen atoms in total. The monoisotopic (exact) mass is 535 g/mol. The maximum Gasteiger partial charge on any atom is 0.390 e. The molecule has 0 unspecified atom stereocenters. The van der Waals surface area contributed by atoms with Crippen LogP contribution in [0, 0.1) is 0 Å². The molecule has 0 spiro atoms. The van der Waals surface area contributed by atoms with Crippen LogP contribution in [0.1, 0.15) is 35.4 Å². The highest BCUT2D eigenvalue weighted by Crippen LogP contribution is 2.23. The largest absolute Gasteiger partial charge is 0.463 e. The lowest BCUT2D eigenvalue weighted by molar-refractivity contribution is -0.136. The van der Waals surface area contributed by atoms with Gasteiger partial charge in [-0.25, -0.2) is 24.2 Å². The standard InChI is InChI=1S/C23H21ClF3N7O3/c1-3-14-5-4-11-28-18(14)34-20(21(35)37-2)29-17(30-34)13-33-22(36)32(12-10-23(25,26)27)19(31-33)15-6-8-16(24)9-7-15/h4-9,11H,3,10,12-13H2,1-2H3. The highest BCUT2D eigenvalue weighted by atomic mass is 35.5. The fourth-order valence-corrected chi connectivity index (χ4v) is 3.75. The summed E-state index contributed by atoms with van der Waals surface area (Å²) in [7, 11) is 1.19. The van der Waals surface area contributed by atoms with Gasteiger partial charge in [-0.1, -0.05) is 24.6 Å². The summed E-state index contributed by atoms with van der Waals surface area (Å²) in [6.07, 6.45) is -3.58. The Balaban J connectivity index is 1.78. The van der Waals surface area contributed by atoms with Crippen molar-refractivity contribution in [3.05, 3.63) is 75.3 Å². The molecule has 0 atom stereocenters. The fraction of sp³-hybridized carbons (Fsp3) is 0.304. The second kappa shape index (κ2) is 10.5. The third kappa shape index (κ3) is 5.71. The molecule has 1 aromatic carbocycles. The topological polar surface area (TPSA) is 110 Å². The van der Waals surface area contributed by atoms with Gasteiger partial charge in [0, 0.05) is 23.3 Å². The normalized spacial score (nSPS) is 11.6. The molecule has 0 saturated carbocycles. The third-order valence-electron chi connectivity index (χ3n) is 5.40. The Labute approximate surface area is 213 Å². The van der Waals surface area contributed by atoms with Crippen LogP contribution in [0.2, 0.25) is 5.02 Å². The summed E-state index contributed by atoms with van der Waals surface area (Å²) in [5.41, 5.74) is 0.386. The molecule has 4 rings (SSSR count). The summed E-state index contributed by atoms with van der Waals surface area (Å²) in [6.45, 7) is 0.953. The molecular formula is C23H21ClF3N7O3. The quantitative estimate of drug-likeness (QED) is 0.316. The number of alkyl halides is 3. The van der Waals surface area contributed by atoms with Crippen LogP contribution in [0.3, 0.4) is 0 Å². The number of carbonyl (C=O) groups excluding carboxylic acids is 1. The number of pyridine rings is 1. The summed E-state index contributed by atoms with van der Waals surface area (Å²) in [5.74, 6) is -0.561. The van der Waals surface area contributed by atoms with Crippen LogP contribution >= 0.6 is 11.6 Å². The van der Waals surface area contributed by atoms with E-state index in [-0.39, 0.29) is 24.0 Å². The van der Waals surface area contributed by atoms with Gasteiger partial charge in [0.2, 0.25) is 5.82 Å². The summed E-state index contributed by atoms with van der Waals surface area (Å²) in [4.78, 5) is 34.0. The van der Waals surface area contributed by atoms with Crippen LogP contribution in [0.15, 0.2) is 47.4 Å². The van der Waals surface area contributed by atoms with Gasteiger partial charge in [0.05, 0.1) is 13.5 Å². The Morgan fingerprint density at radius 3 is 2.51 bits per heavy atom. The van der Waals surface area contributed by atoms with Gasteiger partial charge in [-0.05, 0) is 42.3 Å². The van der Waals surface area contributed by atoms with Crippen molar-refractivity contribution in [2.75, 3.05) is 7.11 Å². The van der Waals surface area contributed by atoms with E-state index in [1.54, 1.807) is 30.3 Å². The number of hydrogen-bond donors (Lipinski definition) is 0. The van der Waals surface area contributed by atoms with Gasteiger partial charge in [0.25, 0.3) is 0 Å². The van der Waals surface area contributed by atoms with Crippen molar-refractivity contribution in [2.45, 2.75) is 39.0 Å². The Hall–Kier alpha value is -4.00. The van der Waals surface area contributed by atoms with E-state index in [9.17, 15) is 22.8 Å². The van der Waals surface area contributed by atoms with Crippen LogP contribution in [0.25, 0.3) is 17.2 Å². The molecule has 4 aromatic rings. The van der Waals surface area contributed by atoms with Crippen molar-refractivity contribution < 1.29 is 22.7 Å². The highest BCUT2D eigenvalue weighted by molar-refractivity contribution is 6.30. The van der Waals surface area contributed by atoms with Crippen molar-refractivity contribution >= 4 is 17.6 Å². The van der Waals surface area contributed by atoms with E-state index in [1.807, 2.05) is 13.0 Å². The van der Waals surface area contributed by atoms with Crippen LogP contribution in [-0.2, 0) is 24.2 Å². The van der Waals surface area contributed by atoms with Gasteiger partial charge in [-0.3, -0.25) is 4.57 Å². The van der Waals surface area contributed by atoms with E-state index in [0.29, 0.717) is 22.8 Å². The van der Waals surface area contributed by atoms with E-state index in [0.717, 1.165) is 14.8 Å². The van der Waals surface area contributed by atoms with Crippen molar-refractivity contribution in [1.29, 1.82) is 0 Å². The predicted octanol–water partition coefficient (Wildman–Crippen LogP) is 3.69. The maximum absolute atomic E-state index is 13.1. The van der Waals surface area contributed by atoms with Crippen LogP contribution in [-0.4, -0.2) is 53.4 Å². The Morgan fingerprint density at radius 2 is 1.86 bits per heavy atom. The fourth-order valence-electron chi connectivity index (χ4n) is 3.62. The summed E-state index contributed by atoms with van der Waals surface area (Å²) >= 11 is 5.93. The first kappa shape index (κ1) is 26.1. The molecule has 0 aliphatic heterocycles. The van der Waals surface area contributed by atoms with Crippen molar-refractivity contribution in [2.24, 2.45) is 0 Å². The molecule has 0 N–H and O–H groups in total. The lowest BCUT2D eigenvalue weighted by atomic mass is 10.2. The number of carbonyl (C=O) groups is 1. The van der Waals surface area contributed by atoms with Gasteiger partial charge in [0.15, 0.2) is 17.5 Å². The molecule has 0 fully saturated rings. The van der Waals surface area contributed by atoms with E-state index < -0.39 is 30.8 Å². The molecular weight excluding hydrogens is 515 g/mol. The molecule has 37 heavy (non-hydrogen) atoms. The minimum atomic E-state index is -4.48. The number of benzene rings is 1. The number of nitrogens with zero attached hydrogens (tertiary/aromatic N) is 7. The molecule has 14 heteroatoms. The van der Waals surface area contributed by atoms with Crippen molar-refractivity contribution in [3.8, 4) is 17.2 Å². The number of rotatable bonds is 8. The second-order valence-electron chi connectivity index (χ2n) is 7.88. The zero-order valence-electron chi connectivity index (χ0n) is 19.7. The molecule has 194 valence electrons. The minimum Gasteiger partial charge on any atom is -0.463 e. The van der Waals surface area contributed by atoms with E-state index in [2.05, 4.69) is 20.2 Å². The van der Waals surface area contributed by atoms with Gasteiger partial charge in [0.1, 0.15) is 6.54 Å². The summed E-state index contributed by atoms with van der Waals surface area (Å²) in [5, 5.41) is 9.01. The second-order valence-corrected chi connectivity index (χ2v) is 8.32. The molecule has 3 aromatic heterocycles. The first-order valence-electron chi connectivity index (χ1n) is 11.1. The minimum absolute atomic E-state index is 0.0123. The number of esters is 1. The predicted molar refractivity (Wildman–Crippen MR) is 127 cm³/mol. The molecule has 0 aliphatic carbocycles. The van der Waals surface area contributed by atoms with Gasteiger partial charge in [-0.2, -0.15) is 17.9 Å². The Morgan fingerprint density at radius 1 is 1.14 bits per heavy atom. The average molecular weight is 536 g/mol. The number of hydrogen-bond acceptors (Lipinski definition) is 7. The number of ether oxygens (including phenoxy) is 1. The van der Waals surface area contributed by atoms with Gasteiger partial charge in [-0.15, -0.1) is 10.2 Å². The zero-order chi connectivity index (χ0) is 26.7. The summed E-state index contributed by atoms with van der Waals surface area (Å²) in [6, 6.07) is 9.73.